The van der Waals surface area contributed by atoms with Gasteiger partial charge in [0.25, 0.3) is 0 Å². The summed E-state index contributed by atoms with van der Waals surface area (Å²) in [7, 11) is 0. The Morgan fingerprint density at radius 1 is 1.17 bits per heavy atom. The molecule has 0 bridgehead atoms. The molecule has 154 valence electrons. The molecule has 1 amide bonds. The lowest BCUT2D eigenvalue weighted by Gasteiger charge is -2.21. The van der Waals surface area contributed by atoms with Crippen molar-refractivity contribution in [3.63, 3.8) is 0 Å². The van der Waals surface area contributed by atoms with E-state index in [9.17, 15) is 4.79 Å². The van der Waals surface area contributed by atoms with Crippen molar-refractivity contribution in [2.75, 3.05) is 23.7 Å². The molecular formula is C22H23ClN6O. The number of nitrogens with zero attached hydrogens (tertiary/aromatic N) is 3. The van der Waals surface area contributed by atoms with Crippen LogP contribution < -0.4 is 16.0 Å². The number of amides is 1. The minimum atomic E-state index is -0.0445. The van der Waals surface area contributed by atoms with Crippen molar-refractivity contribution >= 4 is 29.1 Å². The number of piperidine rings is 1. The molecule has 0 radical (unpaired) electrons. The van der Waals surface area contributed by atoms with Crippen molar-refractivity contribution in [2.24, 2.45) is 5.92 Å². The van der Waals surface area contributed by atoms with E-state index >= 15 is 0 Å². The number of halogens is 1. The van der Waals surface area contributed by atoms with Crippen molar-refractivity contribution in [1.82, 2.24) is 20.3 Å². The molecule has 1 aliphatic rings. The Kier molecular flexibility index (Phi) is 6.51. The highest BCUT2D eigenvalue weighted by atomic mass is 35.5. The Labute approximate surface area is 180 Å². The lowest BCUT2D eigenvalue weighted by Crippen LogP contribution is -2.37. The van der Waals surface area contributed by atoms with E-state index < -0.39 is 0 Å². The highest BCUT2D eigenvalue weighted by Gasteiger charge is 2.21. The van der Waals surface area contributed by atoms with Crippen LogP contribution >= 0.6 is 11.6 Å². The fourth-order valence-corrected chi connectivity index (χ4v) is 3.57. The van der Waals surface area contributed by atoms with Gasteiger partial charge in [-0.3, -0.25) is 9.78 Å². The molecule has 0 aliphatic carbocycles. The molecule has 1 aliphatic heterocycles. The molecule has 1 atom stereocenters. The highest BCUT2D eigenvalue weighted by Crippen LogP contribution is 2.29. The van der Waals surface area contributed by atoms with Crippen molar-refractivity contribution in [3.8, 4) is 11.3 Å². The average molecular weight is 423 g/mol. The first-order chi connectivity index (χ1) is 14.7. The molecule has 0 spiro atoms. The molecule has 0 saturated carbocycles. The number of rotatable bonds is 6. The number of nitrogens with one attached hydrogen (secondary N) is 3. The Morgan fingerprint density at radius 3 is 2.90 bits per heavy atom. The van der Waals surface area contributed by atoms with Gasteiger partial charge in [-0.15, -0.1) is 0 Å². The molecule has 4 rings (SSSR count). The van der Waals surface area contributed by atoms with Crippen molar-refractivity contribution in [2.45, 2.75) is 19.4 Å². The van der Waals surface area contributed by atoms with Crippen LogP contribution in [0.4, 0.5) is 11.6 Å². The number of anilines is 2. The van der Waals surface area contributed by atoms with Crippen molar-refractivity contribution < 1.29 is 4.79 Å². The predicted octanol–water partition coefficient (Wildman–Crippen LogP) is 3.74. The van der Waals surface area contributed by atoms with Gasteiger partial charge in [-0.05, 0) is 49.7 Å². The summed E-state index contributed by atoms with van der Waals surface area (Å²) < 4.78 is 0. The summed E-state index contributed by atoms with van der Waals surface area (Å²) in [6.07, 6.45) is 5.18. The number of carbonyl (C=O) groups excluding carboxylic acids is 1. The van der Waals surface area contributed by atoms with Gasteiger partial charge in [0.05, 0.1) is 28.9 Å². The zero-order valence-electron chi connectivity index (χ0n) is 16.4. The topological polar surface area (TPSA) is 91.8 Å². The molecule has 0 aromatic carbocycles. The number of hydrogen-bond acceptors (Lipinski definition) is 6. The largest absolute Gasteiger partial charge is 0.364 e. The first-order valence-electron chi connectivity index (χ1n) is 9.97. The summed E-state index contributed by atoms with van der Waals surface area (Å²) in [5, 5.41) is 9.91. The van der Waals surface area contributed by atoms with Gasteiger partial charge in [-0.25, -0.2) is 9.97 Å². The zero-order chi connectivity index (χ0) is 20.8. The van der Waals surface area contributed by atoms with Crippen LogP contribution in [0.2, 0.25) is 5.02 Å². The quantitative estimate of drug-likeness (QED) is 0.560. The summed E-state index contributed by atoms with van der Waals surface area (Å²) in [4.78, 5) is 25.7. The summed E-state index contributed by atoms with van der Waals surface area (Å²) in [6.45, 7) is 2.22. The Hall–Kier alpha value is -3.03. The second-order valence-corrected chi connectivity index (χ2v) is 7.57. The van der Waals surface area contributed by atoms with E-state index in [-0.39, 0.29) is 11.8 Å². The average Bonchev–Trinajstić information content (AvgIpc) is 2.80. The maximum absolute atomic E-state index is 12.5. The third kappa shape index (κ3) is 5.11. The van der Waals surface area contributed by atoms with Gasteiger partial charge in [0, 0.05) is 24.5 Å². The number of pyridine rings is 3. The third-order valence-corrected chi connectivity index (χ3v) is 5.28. The van der Waals surface area contributed by atoms with Crippen LogP contribution in [0, 0.1) is 5.92 Å². The van der Waals surface area contributed by atoms with Crippen LogP contribution in [-0.4, -0.2) is 33.9 Å². The van der Waals surface area contributed by atoms with Crippen LogP contribution in [0.25, 0.3) is 11.3 Å². The molecule has 1 saturated heterocycles. The highest BCUT2D eigenvalue weighted by molar-refractivity contribution is 6.33. The minimum absolute atomic E-state index is 0.0262. The van der Waals surface area contributed by atoms with Crippen molar-refractivity contribution in [1.29, 1.82) is 0 Å². The third-order valence-electron chi connectivity index (χ3n) is 4.98. The summed E-state index contributed by atoms with van der Waals surface area (Å²) in [5.74, 6) is 1.11. The van der Waals surface area contributed by atoms with Gasteiger partial charge in [0.15, 0.2) is 0 Å². The molecule has 3 aromatic heterocycles. The van der Waals surface area contributed by atoms with Crippen molar-refractivity contribution in [3.05, 3.63) is 65.6 Å². The molecule has 1 fully saturated rings. The SMILES string of the molecule is O=C(Nc1cc(-c2cccc(NCc3ccccn3)n2)c(Cl)cn1)C1CCCNC1. The van der Waals surface area contributed by atoms with E-state index in [0.29, 0.717) is 41.0 Å². The Balaban J connectivity index is 1.49. The normalized spacial score (nSPS) is 16.1. The molecule has 3 N–H and O–H groups in total. The molecule has 4 heterocycles. The molecular weight excluding hydrogens is 400 g/mol. The van der Waals surface area contributed by atoms with Crippen LogP contribution in [-0.2, 0) is 11.3 Å². The summed E-state index contributed by atoms with van der Waals surface area (Å²) in [6, 6.07) is 13.2. The predicted molar refractivity (Wildman–Crippen MR) is 118 cm³/mol. The Morgan fingerprint density at radius 2 is 2.10 bits per heavy atom. The van der Waals surface area contributed by atoms with Crippen LogP contribution in [0.1, 0.15) is 18.5 Å². The minimum Gasteiger partial charge on any atom is -0.364 e. The maximum Gasteiger partial charge on any atom is 0.229 e. The van der Waals surface area contributed by atoms with E-state index in [1.54, 1.807) is 18.5 Å². The van der Waals surface area contributed by atoms with E-state index in [1.165, 1.54) is 0 Å². The molecule has 7 nitrogen and oxygen atoms in total. The Bertz CT molecular complexity index is 1010. The smallest absolute Gasteiger partial charge is 0.229 e. The first-order valence-corrected chi connectivity index (χ1v) is 10.3. The molecule has 30 heavy (non-hydrogen) atoms. The second-order valence-electron chi connectivity index (χ2n) is 7.16. The molecule has 8 heteroatoms. The number of hydrogen-bond donors (Lipinski definition) is 3. The second kappa shape index (κ2) is 9.65. The standard InChI is InChI=1S/C22H23ClN6O/c23-18-14-27-21(29-22(30)15-5-4-9-24-12-15)11-17(18)19-7-3-8-20(28-19)26-13-16-6-1-2-10-25-16/h1-3,6-8,10-11,14-15,24H,4-5,9,12-13H2,(H,26,28)(H,27,29,30). The number of aromatic nitrogens is 3. The fourth-order valence-electron chi connectivity index (χ4n) is 3.37. The van der Waals surface area contributed by atoms with E-state index in [1.807, 2.05) is 36.4 Å². The van der Waals surface area contributed by atoms with Crippen LogP contribution in [0.5, 0.6) is 0 Å². The summed E-state index contributed by atoms with van der Waals surface area (Å²) >= 11 is 6.39. The van der Waals surface area contributed by atoms with Gasteiger partial charge < -0.3 is 16.0 Å². The summed E-state index contributed by atoms with van der Waals surface area (Å²) in [5.41, 5.74) is 2.34. The van der Waals surface area contributed by atoms with Crippen LogP contribution in [0.3, 0.4) is 0 Å². The van der Waals surface area contributed by atoms with Gasteiger partial charge in [-0.2, -0.15) is 0 Å². The maximum atomic E-state index is 12.5. The van der Waals surface area contributed by atoms with Crippen LogP contribution in [0.15, 0.2) is 54.9 Å². The first kappa shape index (κ1) is 20.3. The van der Waals surface area contributed by atoms with E-state index in [2.05, 4.69) is 30.9 Å². The lowest BCUT2D eigenvalue weighted by molar-refractivity contribution is -0.120. The van der Waals surface area contributed by atoms with Gasteiger partial charge >= 0.3 is 0 Å². The number of carbonyl (C=O) groups is 1. The van der Waals surface area contributed by atoms with Gasteiger partial charge in [0.1, 0.15) is 11.6 Å². The van der Waals surface area contributed by atoms with Gasteiger partial charge in [0.2, 0.25) is 5.91 Å². The van der Waals surface area contributed by atoms with E-state index in [4.69, 9.17) is 11.6 Å². The van der Waals surface area contributed by atoms with Gasteiger partial charge in [-0.1, -0.05) is 23.7 Å². The van der Waals surface area contributed by atoms with E-state index in [0.717, 1.165) is 25.1 Å². The molecule has 1 unspecified atom stereocenters. The lowest BCUT2D eigenvalue weighted by atomic mass is 9.99. The zero-order valence-corrected chi connectivity index (χ0v) is 17.2. The fraction of sp³-hybridized carbons (Fsp3) is 0.273. The molecule has 3 aromatic rings. The monoisotopic (exact) mass is 422 g/mol.